The van der Waals surface area contributed by atoms with E-state index in [4.69, 9.17) is 4.74 Å². The normalized spacial score (nSPS) is 16.8. The SMILES string of the molecule is CCCC(CCC)C(=O)NC1COC1. The maximum atomic E-state index is 11.8. The number of rotatable bonds is 6. The second kappa shape index (κ2) is 6.02. The molecular weight excluding hydrogens is 178 g/mol. The van der Waals surface area contributed by atoms with Crippen molar-refractivity contribution in [3.8, 4) is 0 Å². The molecule has 0 aromatic carbocycles. The lowest BCUT2D eigenvalue weighted by molar-refractivity contribution is -0.129. The largest absolute Gasteiger partial charge is 0.377 e. The lowest BCUT2D eigenvalue weighted by atomic mass is 9.97. The van der Waals surface area contributed by atoms with E-state index in [9.17, 15) is 4.79 Å². The van der Waals surface area contributed by atoms with E-state index in [1.165, 1.54) is 0 Å². The van der Waals surface area contributed by atoms with E-state index in [0.29, 0.717) is 13.2 Å². The Morgan fingerprint density at radius 2 is 1.93 bits per heavy atom. The quantitative estimate of drug-likeness (QED) is 0.707. The van der Waals surface area contributed by atoms with Gasteiger partial charge in [-0.25, -0.2) is 0 Å². The van der Waals surface area contributed by atoms with Gasteiger partial charge in [0.15, 0.2) is 0 Å². The Balaban J connectivity index is 2.28. The molecule has 1 rings (SSSR count). The highest BCUT2D eigenvalue weighted by atomic mass is 16.5. The Bertz CT molecular complexity index is 172. The molecule has 3 heteroatoms. The molecule has 0 aromatic rings. The molecule has 1 amide bonds. The van der Waals surface area contributed by atoms with Gasteiger partial charge in [0.05, 0.1) is 19.3 Å². The Morgan fingerprint density at radius 3 is 2.29 bits per heavy atom. The maximum absolute atomic E-state index is 11.8. The first-order valence-electron chi connectivity index (χ1n) is 5.66. The first-order valence-corrected chi connectivity index (χ1v) is 5.66. The highest BCUT2D eigenvalue weighted by Crippen LogP contribution is 2.14. The molecular formula is C11H21NO2. The van der Waals surface area contributed by atoms with Crippen molar-refractivity contribution in [2.45, 2.75) is 45.6 Å². The highest BCUT2D eigenvalue weighted by Gasteiger charge is 2.24. The summed E-state index contributed by atoms with van der Waals surface area (Å²) in [6, 6.07) is 0.277. The molecule has 82 valence electrons. The van der Waals surface area contributed by atoms with Gasteiger partial charge in [0.25, 0.3) is 0 Å². The fourth-order valence-corrected chi connectivity index (χ4v) is 1.74. The third-order valence-corrected chi connectivity index (χ3v) is 2.63. The van der Waals surface area contributed by atoms with Crippen LogP contribution in [-0.4, -0.2) is 25.2 Å². The van der Waals surface area contributed by atoms with Crippen molar-refractivity contribution in [2.75, 3.05) is 13.2 Å². The second-order valence-corrected chi connectivity index (χ2v) is 4.02. The molecule has 1 aliphatic rings. The molecule has 3 nitrogen and oxygen atoms in total. The van der Waals surface area contributed by atoms with E-state index in [0.717, 1.165) is 25.7 Å². The van der Waals surface area contributed by atoms with Crippen LogP contribution >= 0.6 is 0 Å². The molecule has 1 aliphatic heterocycles. The van der Waals surface area contributed by atoms with Crippen LogP contribution in [0.1, 0.15) is 39.5 Å². The van der Waals surface area contributed by atoms with Crippen LogP contribution < -0.4 is 5.32 Å². The van der Waals surface area contributed by atoms with Crippen molar-refractivity contribution in [3.05, 3.63) is 0 Å². The molecule has 1 N–H and O–H groups in total. The van der Waals surface area contributed by atoms with E-state index in [-0.39, 0.29) is 17.9 Å². The van der Waals surface area contributed by atoms with E-state index >= 15 is 0 Å². The van der Waals surface area contributed by atoms with Gasteiger partial charge in [-0.1, -0.05) is 26.7 Å². The predicted octanol–water partition coefficient (Wildman–Crippen LogP) is 1.72. The van der Waals surface area contributed by atoms with Crippen LogP contribution in [0.25, 0.3) is 0 Å². The van der Waals surface area contributed by atoms with Crippen LogP contribution in [-0.2, 0) is 9.53 Å². The summed E-state index contributed by atoms with van der Waals surface area (Å²) in [4.78, 5) is 11.8. The zero-order chi connectivity index (χ0) is 10.4. The summed E-state index contributed by atoms with van der Waals surface area (Å²) < 4.78 is 5.02. The van der Waals surface area contributed by atoms with Crippen molar-refractivity contribution in [3.63, 3.8) is 0 Å². The topological polar surface area (TPSA) is 38.3 Å². The summed E-state index contributed by atoms with van der Waals surface area (Å²) in [6.07, 6.45) is 4.18. The number of hydrogen-bond donors (Lipinski definition) is 1. The van der Waals surface area contributed by atoms with Crippen LogP contribution in [0.2, 0.25) is 0 Å². The second-order valence-electron chi connectivity index (χ2n) is 4.02. The summed E-state index contributed by atoms with van der Waals surface area (Å²) in [7, 11) is 0. The number of carbonyl (C=O) groups excluding carboxylic acids is 1. The summed E-state index contributed by atoms with van der Waals surface area (Å²) in [5.74, 6) is 0.438. The summed E-state index contributed by atoms with van der Waals surface area (Å²) >= 11 is 0. The van der Waals surface area contributed by atoms with E-state index < -0.39 is 0 Å². The van der Waals surface area contributed by atoms with Crippen molar-refractivity contribution >= 4 is 5.91 Å². The highest BCUT2D eigenvalue weighted by molar-refractivity contribution is 5.79. The standard InChI is InChI=1S/C11H21NO2/c1-3-5-9(6-4-2)11(13)12-10-7-14-8-10/h9-10H,3-8H2,1-2H3,(H,12,13). The molecule has 0 bridgehead atoms. The molecule has 0 unspecified atom stereocenters. The summed E-state index contributed by atoms with van der Waals surface area (Å²) in [6.45, 7) is 5.64. The average Bonchev–Trinajstić information content (AvgIpc) is 2.11. The lowest BCUT2D eigenvalue weighted by Crippen LogP contribution is -2.50. The van der Waals surface area contributed by atoms with Gasteiger partial charge in [0.1, 0.15) is 0 Å². The van der Waals surface area contributed by atoms with Crippen LogP contribution in [0.4, 0.5) is 0 Å². The minimum Gasteiger partial charge on any atom is -0.377 e. The van der Waals surface area contributed by atoms with Gasteiger partial charge in [0, 0.05) is 5.92 Å². The van der Waals surface area contributed by atoms with Gasteiger partial charge in [-0.3, -0.25) is 4.79 Å². The smallest absolute Gasteiger partial charge is 0.223 e. The fourth-order valence-electron chi connectivity index (χ4n) is 1.74. The minimum absolute atomic E-state index is 0.214. The first-order chi connectivity index (χ1) is 6.77. The molecule has 0 aliphatic carbocycles. The van der Waals surface area contributed by atoms with Crippen LogP contribution in [0.5, 0.6) is 0 Å². The number of nitrogens with one attached hydrogen (secondary N) is 1. The maximum Gasteiger partial charge on any atom is 0.223 e. The van der Waals surface area contributed by atoms with Crippen LogP contribution in [0, 0.1) is 5.92 Å². The van der Waals surface area contributed by atoms with Gasteiger partial charge >= 0.3 is 0 Å². The van der Waals surface area contributed by atoms with E-state index in [1.54, 1.807) is 0 Å². The number of amides is 1. The monoisotopic (exact) mass is 199 g/mol. The zero-order valence-corrected chi connectivity index (χ0v) is 9.21. The summed E-state index contributed by atoms with van der Waals surface area (Å²) in [5.41, 5.74) is 0. The van der Waals surface area contributed by atoms with Gasteiger partial charge in [-0.05, 0) is 12.8 Å². The predicted molar refractivity (Wildman–Crippen MR) is 56.1 cm³/mol. The number of carbonyl (C=O) groups is 1. The molecule has 1 saturated heterocycles. The Morgan fingerprint density at radius 1 is 1.36 bits per heavy atom. The minimum atomic E-state index is 0.214. The van der Waals surface area contributed by atoms with Crippen molar-refractivity contribution < 1.29 is 9.53 Å². The Hall–Kier alpha value is -0.570. The van der Waals surface area contributed by atoms with E-state index in [1.807, 2.05) is 0 Å². The van der Waals surface area contributed by atoms with Crippen LogP contribution in [0.15, 0.2) is 0 Å². The molecule has 0 aromatic heterocycles. The summed E-state index contributed by atoms with van der Waals surface area (Å²) in [5, 5.41) is 3.02. The Labute approximate surface area is 86.2 Å². The van der Waals surface area contributed by atoms with E-state index in [2.05, 4.69) is 19.2 Å². The van der Waals surface area contributed by atoms with Crippen molar-refractivity contribution in [1.82, 2.24) is 5.32 Å². The third-order valence-electron chi connectivity index (χ3n) is 2.63. The van der Waals surface area contributed by atoms with Gasteiger partial charge < -0.3 is 10.1 Å². The molecule has 14 heavy (non-hydrogen) atoms. The Kier molecular flexibility index (Phi) is 4.94. The fraction of sp³-hybridized carbons (Fsp3) is 0.909. The number of ether oxygens (including phenoxy) is 1. The van der Waals surface area contributed by atoms with Gasteiger partial charge in [-0.15, -0.1) is 0 Å². The van der Waals surface area contributed by atoms with Crippen LogP contribution in [0.3, 0.4) is 0 Å². The first kappa shape index (κ1) is 11.5. The average molecular weight is 199 g/mol. The third kappa shape index (κ3) is 3.29. The molecule has 0 radical (unpaired) electrons. The lowest BCUT2D eigenvalue weighted by Gasteiger charge is -2.28. The zero-order valence-electron chi connectivity index (χ0n) is 9.21. The number of hydrogen-bond acceptors (Lipinski definition) is 2. The van der Waals surface area contributed by atoms with Gasteiger partial charge in [0.2, 0.25) is 5.91 Å². The van der Waals surface area contributed by atoms with Crippen molar-refractivity contribution in [2.24, 2.45) is 5.92 Å². The van der Waals surface area contributed by atoms with Crippen molar-refractivity contribution in [1.29, 1.82) is 0 Å². The van der Waals surface area contributed by atoms with Gasteiger partial charge in [-0.2, -0.15) is 0 Å². The molecule has 0 spiro atoms. The molecule has 1 fully saturated rings. The molecule has 1 heterocycles. The molecule has 0 atom stereocenters. The molecule has 0 saturated carbocycles.